The van der Waals surface area contributed by atoms with Gasteiger partial charge < -0.3 is 30.0 Å². The number of aliphatic carboxylic acids is 2. The van der Waals surface area contributed by atoms with Crippen molar-refractivity contribution in [2.75, 3.05) is 0 Å². The maximum atomic E-state index is 9.96. The Balaban J connectivity index is 0.00000127. The van der Waals surface area contributed by atoms with Crippen LogP contribution in [0.1, 0.15) is 49.9 Å². The summed E-state index contributed by atoms with van der Waals surface area (Å²) in [5.74, 6) is -1.73. The third-order valence-corrected chi connectivity index (χ3v) is 4.56. The predicted octanol–water partition coefficient (Wildman–Crippen LogP) is 3.23. The molecule has 0 unspecified atom stereocenters. The first-order valence-corrected chi connectivity index (χ1v) is 11.2. The van der Waals surface area contributed by atoms with E-state index in [4.69, 9.17) is 19.8 Å². The molecule has 0 bridgehead atoms. The van der Waals surface area contributed by atoms with Crippen LogP contribution in [0.2, 0.25) is 0 Å². The van der Waals surface area contributed by atoms with Gasteiger partial charge in [0.05, 0.1) is 11.4 Å². The number of benzene rings is 3. The number of carboxylic acid groups (broad SMARTS) is 2. The molecule has 3 aromatic carbocycles. The molecule has 0 spiro atoms. The number of aliphatic imine (C=N–C) groups is 2. The Morgan fingerprint density at radius 1 is 0.703 bits per heavy atom. The van der Waals surface area contributed by atoms with Gasteiger partial charge in [0.1, 0.15) is 11.5 Å². The monoisotopic (exact) mass is 549 g/mol. The fraction of sp³-hybridized carbons (Fsp3) is 0.214. The number of hydrogen-bond acceptors (Lipinski definition) is 8. The Morgan fingerprint density at radius 2 is 1.00 bits per heavy atom. The van der Waals surface area contributed by atoms with Crippen LogP contribution < -0.4 is 10.2 Å². The Morgan fingerprint density at radius 3 is 1.27 bits per heavy atom. The van der Waals surface area contributed by atoms with E-state index in [2.05, 4.69) is 23.8 Å². The second kappa shape index (κ2) is 17.5. The summed E-state index contributed by atoms with van der Waals surface area (Å²) >= 11 is 0. The van der Waals surface area contributed by atoms with Crippen molar-refractivity contribution in [3.8, 4) is 11.5 Å². The Bertz CT molecular complexity index is 1110. The van der Waals surface area contributed by atoms with Crippen LogP contribution in [0.3, 0.4) is 0 Å². The van der Waals surface area contributed by atoms with Gasteiger partial charge in [0.15, 0.2) is 0 Å². The fourth-order valence-corrected chi connectivity index (χ4v) is 2.77. The predicted molar refractivity (Wildman–Crippen MR) is 137 cm³/mol. The van der Waals surface area contributed by atoms with Gasteiger partial charge in [-0.05, 0) is 86.3 Å². The van der Waals surface area contributed by atoms with Gasteiger partial charge in [-0.1, -0.05) is 26.0 Å². The summed E-state index contributed by atoms with van der Waals surface area (Å²) in [5, 5.41) is 37.7. The molecule has 2 N–H and O–H groups in total. The molecule has 0 saturated heterocycles. The Labute approximate surface area is 227 Å². The maximum absolute atomic E-state index is 9.96. The molecular weight excluding hydrogens is 519 g/mol. The van der Waals surface area contributed by atoms with E-state index in [0.717, 1.165) is 49.2 Å². The van der Waals surface area contributed by atoms with Crippen LogP contribution in [0.4, 0.5) is 11.4 Å². The summed E-state index contributed by atoms with van der Waals surface area (Å²) in [4.78, 5) is 26.6. The van der Waals surface area contributed by atoms with Crippen LogP contribution >= 0.6 is 0 Å². The van der Waals surface area contributed by atoms with Crippen molar-refractivity contribution in [2.45, 2.75) is 40.5 Å². The molecule has 197 valence electrons. The van der Waals surface area contributed by atoms with Crippen molar-refractivity contribution in [1.29, 1.82) is 0 Å². The van der Waals surface area contributed by atoms with Gasteiger partial charge in [0.2, 0.25) is 0 Å². The standard InChI is InChI=1S/C24H24N2O2.2C2H4O2.Co/c1-3-17-5-11-23(27)19(13-17)15-25-21-7-9-22(10-8-21)26-16-20-14-18(4-2)6-12-24(20)28;2*1-2(3)4;/h5-16,27-28H,3-4H2,1-2H3;2*1H3,(H,3,4);/q;;;+2/p-2. The molecule has 3 aromatic rings. The van der Waals surface area contributed by atoms with Crippen LogP contribution in [0.15, 0.2) is 70.6 Å². The molecule has 0 heterocycles. The first-order valence-electron chi connectivity index (χ1n) is 11.2. The summed E-state index contributed by atoms with van der Waals surface area (Å²) in [6, 6.07) is 18.6. The van der Waals surface area contributed by atoms with Gasteiger partial charge in [-0.3, -0.25) is 9.98 Å². The van der Waals surface area contributed by atoms with Crippen LogP contribution in [-0.2, 0) is 39.2 Å². The van der Waals surface area contributed by atoms with Crippen molar-refractivity contribution in [3.05, 3.63) is 82.9 Å². The number of carbonyl (C=O) groups is 2. The van der Waals surface area contributed by atoms with Crippen molar-refractivity contribution in [3.63, 3.8) is 0 Å². The molecule has 0 aliphatic carbocycles. The fourth-order valence-electron chi connectivity index (χ4n) is 2.77. The third-order valence-electron chi connectivity index (χ3n) is 4.56. The number of phenolic OH excluding ortho intramolecular Hbond substituents is 2. The topological polar surface area (TPSA) is 145 Å². The molecule has 0 aliphatic heterocycles. The first kappa shape index (κ1) is 33.0. The van der Waals surface area contributed by atoms with Crippen LogP contribution in [0.5, 0.6) is 11.5 Å². The van der Waals surface area contributed by atoms with Crippen molar-refractivity contribution >= 4 is 35.7 Å². The van der Waals surface area contributed by atoms with E-state index in [1.54, 1.807) is 24.6 Å². The van der Waals surface area contributed by atoms with Gasteiger partial charge in [0, 0.05) is 35.5 Å². The molecule has 0 amide bonds. The van der Waals surface area contributed by atoms with E-state index in [1.807, 2.05) is 48.5 Å². The van der Waals surface area contributed by atoms with Crippen LogP contribution in [0, 0.1) is 0 Å². The molecule has 0 aliphatic rings. The van der Waals surface area contributed by atoms with Crippen molar-refractivity contribution < 1.29 is 46.8 Å². The number of hydrogen-bond donors (Lipinski definition) is 2. The summed E-state index contributed by atoms with van der Waals surface area (Å²) in [7, 11) is 0. The molecule has 37 heavy (non-hydrogen) atoms. The van der Waals surface area contributed by atoms with E-state index in [9.17, 15) is 10.2 Å². The zero-order valence-corrected chi connectivity index (χ0v) is 22.1. The molecule has 8 nitrogen and oxygen atoms in total. The number of aryl methyl sites for hydroxylation is 2. The minimum Gasteiger partial charge on any atom is -0.550 e. The Hall–Kier alpha value is -3.95. The van der Waals surface area contributed by atoms with Gasteiger partial charge in [-0.2, -0.15) is 0 Å². The van der Waals surface area contributed by atoms with Gasteiger partial charge in [-0.25, -0.2) is 0 Å². The van der Waals surface area contributed by atoms with E-state index < -0.39 is 11.9 Å². The maximum Gasteiger partial charge on any atom is 2.00 e. The molecule has 0 fully saturated rings. The van der Waals surface area contributed by atoms with E-state index in [0.29, 0.717) is 11.1 Å². The summed E-state index contributed by atoms with van der Waals surface area (Å²) in [5.41, 5.74) is 5.26. The molecular formula is C28H30CoN2O6. The molecule has 0 saturated carbocycles. The number of nitrogens with zero attached hydrogens (tertiary/aromatic N) is 2. The van der Waals surface area contributed by atoms with Crippen LogP contribution in [0.25, 0.3) is 0 Å². The van der Waals surface area contributed by atoms with Crippen LogP contribution in [-0.4, -0.2) is 34.6 Å². The molecule has 0 atom stereocenters. The quantitative estimate of drug-likeness (QED) is 0.452. The summed E-state index contributed by atoms with van der Waals surface area (Å²) in [6.45, 7) is 6.09. The number of carbonyl (C=O) groups excluding carboxylic acids is 2. The largest absolute Gasteiger partial charge is 2.00 e. The normalized spacial score (nSPS) is 10.1. The Kier molecular flexibility index (Phi) is 15.6. The van der Waals surface area contributed by atoms with Crippen molar-refractivity contribution in [2.24, 2.45) is 9.98 Å². The van der Waals surface area contributed by atoms with Crippen molar-refractivity contribution in [1.82, 2.24) is 0 Å². The number of rotatable bonds is 6. The number of aromatic hydroxyl groups is 2. The number of phenols is 2. The molecule has 3 rings (SSSR count). The SMILES string of the molecule is CC(=O)[O-].CC(=O)[O-].CCc1ccc(O)c(C=Nc2ccc(N=Cc3cc(CC)ccc3O)cc2)c1.[Co+2]. The van der Waals surface area contributed by atoms with E-state index in [1.165, 1.54) is 0 Å². The third kappa shape index (κ3) is 13.6. The van der Waals surface area contributed by atoms with Gasteiger partial charge >= 0.3 is 16.8 Å². The zero-order valence-electron chi connectivity index (χ0n) is 21.1. The van der Waals surface area contributed by atoms with E-state index in [-0.39, 0.29) is 28.3 Å². The second-order valence-corrected chi connectivity index (χ2v) is 7.51. The number of carboxylic acids is 2. The minimum absolute atomic E-state index is 0. The molecule has 1 radical (unpaired) electrons. The first-order chi connectivity index (χ1) is 17.0. The minimum atomic E-state index is -1.08. The average Bonchev–Trinajstić information content (AvgIpc) is 2.83. The smallest absolute Gasteiger partial charge is 0.550 e. The molecule has 9 heteroatoms. The summed E-state index contributed by atoms with van der Waals surface area (Å²) < 4.78 is 0. The molecule has 0 aromatic heterocycles. The van der Waals surface area contributed by atoms with E-state index >= 15 is 0 Å². The van der Waals surface area contributed by atoms with Gasteiger partial charge in [-0.15, -0.1) is 0 Å². The second-order valence-electron chi connectivity index (χ2n) is 7.51. The average molecular weight is 549 g/mol. The zero-order chi connectivity index (χ0) is 27.1. The van der Waals surface area contributed by atoms with Gasteiger partial charge in [0.25, 0.3) is 0 Å². The summed E-state index contributed by atoms with van der Waals surface area (Å²) in [6.07, 6.45) is 5.15.